The molecule has 19 heavy (non-hydrogen) atoms. The number of anilines is 1. The van der Waals surface area contributed by atoms with Gasteiger partial charge < -0.3 is 4.90 Å². The second kappa shape index (κ2) is 4.47. The van der Waals surface area contributed by atoms with Gasteiger partial charge in [-0.25, -0.2) is 9.50 Å². The summed E-state index contributed by atoms with van der Waals surface area (Å²) in [5, 5.41) is 5.83. The molecule has 0 N–H and O–H groups in total. The van der Waals surface area contributed by atoms with E-state index in [1.54, 1.807) is 11.3 Å². The molecule has 3 rings (SSSR count). The van der Waals surface area contributed by atoms with Crippen LogP contribution in [0, 0.1) is 12.3 Å². The van der Waals surface area contributed by atoms with E-state index in [1.165, 1.54) is 19.3 Å². The second-order valence-corrected chi connectivity index (χ2v) is 7.68. The third-order valence-corrected chi connectivity index (χ3v) is 4.58. The minimum atomic E-state index is 0.376. The minimum absolute atomic E-state index is 0.376. The van der Waals surface area contributed by atoms with Crippen LogP contribution in [0.2, 0.25) is 0 Å². The second-order valence-electron chi connectivity index (χ2n) is 6.75. The number of aryl methyl sites for hydroxylation is 1. The Bertz CT molecular complexity index is 546. The molecule has 0 aliphatic carbocycles. The van der Waals surface area contributed by atoms with Gasteiger partial charge in [0.15, 0.2) is 0 Å². The third kappa shape index (κ3) is 2.61. The molecule has 3 heterocycles. The van der Waals surface area contributed by atoms with Crippen LogP contribution in [-0.4, -0.2) is 27.2 Å². The van der Waals surface area contributed by atoms with E-state index in [1.807, 2.05) is 17.6 Å². The molecule has 0 unspecified atom stereocenters. The van der Waals surface area contributed by atoms with E-state index in [9.17, 15) is 0 Å². The topological polar surface area (TPSA) is 33.4 Å². The predicted molar refractivity (Wildman–Crippen MR) is 80.0 cm³/mol. The van der Waals surface area contributed by atoms with Gasteiger partial charge in [0.2, 0.25) is 10.1 Å². The van der Waals surface area contributed by atoms with Gasteiger partial charge in [-0.2, -0.15) is 0 Å². The van der Waals surface area contributed by atoms with Crippen molar-refractivity contribution >= 4 is 21.4 Å². The Morgan fingerprint density at radius 3 is 2.89 bits per heavy atom. The largest absolute Gasteiger partial charge is 0.344 e. The number of aromatic nitrogens is 3. The SMILES string of the molecule is Cc1cn2nc(N3CCC[C@@H]3CC(C)(C)C)sc2n1. The van der Waals surface area contributed by atoms with Crippen LogP contribution in [0.3, 0.4) is 0 Å². The molecular formula is C14H22N4S. The Balaban J connectivity index is 1.85. The summed E-state index contributed by atoms with van der Waals surface area (Å²) in [7, 11) is 0. The van der Waals surface area contributed by atoms with E-state index in [4.69, 9.17) is 5.10 Å². The van der Waals surface area contributed by atoms with Crippen molar-refractivity contribution in [3.63, 3.8) is 0 Å². The standard InChI is InChI=1S/C14H22N4S/c1-10-9-18-12(15-10)19-13(16-18)17-7-5-6-11(17)8-14(2,3)4/h9,11H,5-8H2,1-4H3/t11-/m1/s1. The Morgan fingerprint density at radius 2 is 2.21 bits per heavy atom. The van der Waals surface area contributed by atoms with Crippen molar-refractivity contribution in [3.8, 4) is 0 Å². The van der Waals surface area contributed by atoms with Gasteiger partial charge in [0.05, 0.1) is 11.9 Å². The highest BCUT2D eigenvalue weighted by molar-refractivity contribution is 7.20. The van der Waals surface area contributed by atoms with Crippen molar-refractivity contribution in [3.05, 3.63) is 11.9 Å². The zero-order valence-electron chi connectivity index (χ0n) is 12.2. The maximum atomic E-state index is 4.69. The molecule has 0 spiro atoms. The van der Waals surface area contributed by atoms with Gasteiger partial charge in [0, 0.05) is 12.6 Å². The molecule has 0 aromatic carbocycles. The lowest BCUT2D eigenvalue weighted by molar-refractivity contribution is 0.339. The molecule has 0 amide bonds. The van der Waals surface area contributed by atoms with Gasteiger partial charge in [0.1, 0.15) is 0 Å². The van der Waals surface area contributed by atoms with Crippen LogP contribution in [0.5, 0.6) is 0 Å². The summed E-state index contributed by atoms with van der Waals surface area (Å²) >= 11 is 1.71. The molecule has 104 valence electrons. The van der Waals surface area contributed by atoms with Gasteiger partial charge in [-0.3, -0.25) is 0 Å². The first-order chi connectivity index (χ1) is 8.92. The van der Waals surface area contributed by atoms with Crippen LogP contribution in [-0.2, 0) is 0 Å². The number of hydrogen-bond donors (Lipinski definition) is 0. The fourth-order valence-corrected chi connectivity index (χ4v) is 3.95. The highest BCUT2D eigenvalue weighted by Crippen LogP contribution is 2.35. The van der Waals surface area contributed by atoms with Crippen LogP contribution in [0.1, 0.15) is 45.7 Å². The smallest absolute Gasteiger partial charge is 0.214 e. The van der Waals surface area contributed by atoms with E-state index in [0.29, 0.717) is 11.5 Å². The number of rotatable bonds is 2. The van der Waals surface area contributed by atoms with Crippen molar-refractivity contribution in [2.75, 3.05) is 11.4 Å². The first-order valence-electron chi connectivity index (χ1n) is 7.02. The van der Waals surface area contributed by atoms with Crippen LogP contribution in [0.4, 0.5) is 5.13 Å². The van der Waals surface area contributed by atoms with Crippen LogP contribution in [0.15, 0.2) is 6.20 Å². The van der Waals surface area contributed by atoms with Gasteiger partial charge in [-0.15, -0.1) is 5.10 Å². The van der Waals surface area contributed by atoms with Crippen LogP contribution >= 0.6 is 11.3 Å². The minimum Gasteiger partial charge on any atom is -0.344 e. The summed E-state index contributed by atoms with van der Waals surface area (Å²) in [5.74, 6) is 0. The molecule has 2 aromatic rings. The highest BCUT2D eigenvalue weighted by Gasteiger charge is 2.30. The van der Waals surface area contributed by atoms with Crippen LogP contribution in [0.25, 0.3) is 4.96 Å². The van der Waals surface area contributed by atoms with Gasteiger partial charge in [-0.1, -0.05) is 32.1 Å². The van der Waals surface area contributed by atoms with Crippen molar-refractivity contribution in [2.45, 2.75) is 53.0 Å². The molecule has 1 aliphatic rings. The molecule has 0 radical (unpaired) electrons. The molecule has 2 aromatic heterocycles. The average Bonchev–Trinajstić information content (AvgIpc) is 2.88. The Morgan fingerprint density at radius 1 is 1.42 bits per heavy atom. The zero-order valence-corrected chi connectivity index (χ0v) is 13.0. The molecule has 5 heteroatoms. The molecular weight excluding hydrogens is 256 g/mol. The van der Waals surface area contributed by atoms with Gasteiger partial charge in [-0.05, 0) is 31.6 Å². The van der Waals surface area contributed by atoms with Crippen molar-refractivity contribution < 1.29 is 0 Å². The van der Waals surface area contributed by atoms with Crippen molar-refractivity contribution in [1.29, 1.82) is 0 Å². The maximum absolute atomic E-state index is 4.69. The third-order valence-electron chi connectivity index (χ3n) is 3.62. The summed E-state index contributed by atoms with van der Waals surface area (Å²) in [6.07, 6.45) is 5.80. The van der Waals surface area contributed by atoms with E-state index >= 15 is 0 Å². The predicted octanol–water partition coefficient (Wildman–Crippen LogP) is 3.50. The first-order valence-corrected chi connectivity index (χ1v) is 7.83. The van der Waals surface area contributed by atoms with E-state index in [2.05, 4.69) is 30.7 Å². The number of imidazole rings is 1. The van der Waals surface area contributed by atoms with Crippen molar-refractivity contribution in [2.24, 2.45) is 5.41 Å². The Kier molecular flexibility index (Phi) is 3.04. The summed E-state index contributed by atoms with van der Waals surface area (Å²) < 4.78 is 1.92. The Hall–Kier alpha value is -1.10. The molecule has 4 nitrogen and oxygen atoms in total. The molecule has 1 atom stereocenters. The summed E-state index contributed by atoms with van der Waals surface area (Å²) in [6, 6.07) is 0.636. The lowest BCUT2D eigenvalue weighted by Crippen LogP contribution is -2.32. The Labute approximate surface area is 118 Å². The quantitative estimate of drug-likeness (QED) is 0.843. The van der Waals surface area contributed by atoms with E-state index < -0.39 is 0 Å². The fourth-order valence-electron chi connectivity index (χ4n) is 2.92. The summed E-state index contributed by atoms with van der Waals surface area (Å²) in [5.41, 5.74) is 1.42. The maximum Gasteiger partial charge on any atom is 0.214 e. The summed E-state index contributed by atoms with van der Waals surface area (Å²) in [6.45, 7) is 10.1. The highest BCUT2D eigenvalue weighted by atomic mass is 32.1. The molecule has 1 fully saturated rings. The molecule has 1 aliphatic heterocycles. The van der Waals surface area contributed by atoms with E-state index in [0.717, 1.165) is 22.3 Å². The van der Waals surface area contributed by atoms with Gasteiger partial charge in [0.25, 0.3) is 0 Å². The molecule has 0 bridgehead atoms. The number of nitrogens with zero attached hydrogens (tertiary/aromatic N) is 4. The molecule has 0 saturated carbocycles. The van der Waals surface area contributed by atoms with Crippen molar-refractivity contribution in [1.82, 2.24) is 14.6 Å². The average molecular weight is 278 g/mol. The molecule has 1 saturated heterocycles. The van der Waals surface area contributed by atoms with Crippen LogP contribution < -0.4 is 4.90 Å². The van der Waals surface area contributed by atoms with Gasteiger partial charge >= 0.3 is 0 Å². The van der Waals surface area contributed by atoms with E-state index in [-0.39, 0.29) is 0 Å². The number of fused-ring (bicyclic) bond motifs is 1. The number of hydrogen-bond acceptors (Lipinski definition) is 4. The fraction of sp³-hybridized carbons (Fsp3) is 0.714. The normalized spacial score (nSPS) is 20.6. The monoisotopic (exact) mass is 278 g/mol. The summed E-state index contributed by atoms with van der Waals surface area (Å²) in [4.78, 5) is 7.99. The zero-order chi connectivity index (χ0) is 13.6. The first kappa shape index (κ1) is 12.9. The lowest BCUT2D eigenvalue weighted by atomic mass is 9.87. The lowest BCUT2D eigenvalue weighted by Gasteiger charge is -2.29.